The zero-order valence-corrected chi connectivity index (χ0v) is 43.4. The number of hydrogen-bond donors (Lipinski definition) is 0. The van der Waals surface area contributed by atoms with Crippen LogP contribution in [0.5, 0.6) is 0 Å². The Kier molecular flexibility index (Phi) is 10.7. The highest BCUT2D eigenvalue weighted by Crippen LogP contribution is 2.44. The molecular weight excluding hydrogens is 973 g/mol. The fourth-order valence-corrected chi connectivity index (χ4v) is 12.6. The molecule has 0 saturated carbocycles. The summed E-state index contributed by atoms with van der Waals surface area (Å²) in [6.45, 7) is 4.00. The third kappa shape index (κ3) is 7.42. The average Bonchev–Trinajstić information content (AvgIpc) is 4.35. The van der Waals surface area contributed by atoms with Gasteiger partial charge in [-0.25, -0.2) is 15.0 Å². The lowest BCUT2D eigenvalue weighted by Crippen LogP contribution is -2.01. The summed E-state index contributed by atoms with van der Waals surface area (Å²) in [6.07, 6.45) is 0. The molecule has 5 aromatic heterocycles. The van der Waals surface area contributed by atoms with E-state index >= 15 is 0 Å². The van der Waals surface area contributed by atoms with Crippen molar-refractivity contribution in [3.63, 3.8) is 0 Å². The summed E-state index contributed by atoms with van der Waals surface area (Å²) in [4.78, 5) is 15.5. The third-order valence-corrected chi connectivity index (χ3v) is 16.2. The van der Waals surface area contributed by atoms with Crippen molar-refractivity contribution < 1.29 is 8.83 Å². The fraction of sp³-hybridized carbons (Fsp3) is 0.0282. The lowest BCUT2D eigenvalue weighted by atomic mass is 9.96. The molecule has 0 bridgehead atoms. The normalized spacial score (nSPS) is 11.7. The number of thiophene rings is 1. The highest BCUT2D eigenvalue weighted by Gasteiger charge is 2.22. The van der Waals surface area contributed by atoms with Crippen LogP contribution in [0.2, 0.25) is 0 Å². The molecule has 0 aliphatic heterocycles. The van der Waals surface area contributed by atoms with Crippen LogP contribution < -0.4 is 0 Å². The smallest absolute Gasteiger partial charge is 0.164 e. The molecule has 78 heavy (non-hydrogen) atoms. The van der Waals surface area contributed by atoms with E-state index in [0.717, 1.165) is 110 Å². The molecule has 16 rings (SSSR count). The second-order valence-corrected chi connectivity index (χ2v) is 20.6. The van der Waals surface area contributed by atoms with Crippen molar-refractivity contribution >= 4 is 97.2 Å². The van der Waals surface area contributed by atoms with Crippen LogP contribution in [0.1, 0.15) is 13.8 Å². The first-order chi connectivity index (χ1) is 38.6. The second-order valence-electron chi connectivity index (χ2n) is 19.5. The van der Waals surface area contributed by atoms with Gasteiger partial charge in [-0.2, -0.15) is 0 Å². The van der Waals surface area contributed by atoms with E-state index in [2.05, 4.69) is 180 Å². The highest BCUT2D eigenvalue weighted by molar-refractivity contribution is 7.25. The molecule has 0 unspecified atom stereocenters. The molecule has 0 aliphatic carbocycles. The molecule has 5 heterocycles. The first-order valence-electron chi connectivity index (χ1n) is 26.5. The number of para-hydroxylation sites is 4. The Balaban J connectivity index is 0.00000262. The van der Waals surface area contributed by atoms with Crippen molar-refractivity contribution in [1.29, 1.82) is 0 Å². The van der Waals surface area contributed by atoms with E-state index in [-0.39, 0.29) is 0 Å². The van der Waals surface area contributed by atoms with Gasteiger partial charge in [0.05, 0.1) is 11.0 Å². The first-order valence-corrected chi connectivity index (χ1v) is 27.3. The number of hydrogen-bond acceptors (Lipinski definition) is 6. The zero-order chi connectivity index (χ0) is 51.8. The van der Waals surface area contributed by atoms with Gasteiger partial charge in [0.1, 0.15) is 22.3 Å². The number of benzene rings is 11. The Hall–Kier alpha value is -9.95. The number of aromatic nitrogens is 4. The van der Waals surface area contributed by atoms with Crippen molar-refractivity contribution in [1.82, 2.24) is 19.5 Å². The maximum Gasteiger partial charge on any atom is 0.164 e. The number of rotatable bonds is 7. The maximum absolute atomic E-state index is 6.61. The fourth-order valence-electron chi connectivity index (χ4n) is 11.5. The van der Waals surface area contributed by atoms with Crippen molar-refractivity contribution in [2.45, 2.75) is 13.8 Å². The monoisotopic (exact) mass is 1020 g/mol. The molecule has 0 N–H and O–H groups in total. The van der Waals surface area contributed by atoms with Crippen LogP contribution in [0, 0.1) is 0 Å². The summed E-state index contributed by atoms with van der Waals surface area (Å²) < 4.78 is 18.0. The molecule has 0 spiro atoms. The quantitative estimate of drug-likeness (QED) is 0.159. The van der Waals surface area contributed by atoms with E-state index in [1.54, 1.807) is 0 Å². The zero-order valence-electron chi connectivity index (χ0n) is 42.6. The molecule has 0 saturated heterocycles. The van der Waals surface area contributed by atoms with Gasteiger partial charge in [0, 0.05) is 86.0 Å². The Morgan fingerprint density at radius 2 is 0.859 bits per heavy atom. The lowest BCUT2D eigenvalue weighted by Gasteiger charge is -2.14. The number of furan rings is 2. The lowest BCUT2D eigenvalue weighted by molar-refractivity contribution is 0.669. The molecule has 6 nitrogen and oxygen atoms in total. The summed E-state index contributed by atoms with van der Waals surface area (Å²) in [5, 5.41) is 9.22. The summed E-state index contributed by atoms with van der Waals surface area (Å²) in [5.41, 5.74) is 15.9. The predicted octanol–water partition coefficient (Wildman–Crippen LogP) is 20.2. The van der Waals surface area contributed by atoms with Crippen LogP contribution in [-0.4, -0.2) is 19.5 Å². The van der Waals surface area contributed by atoms with Crippen LogP contribution in [0.25, 0.3) is 159 Å². The number of fused-ring (bicyclic) bond motifs is 12. The largest absolute Gasteiger partial charge is 0.456 e. The molecule has 368 valence electrons. The standard InChI is InChI=1S/C69H40N4O2S.C2H6/c1-2-14-41(15-3-1)67-70-68(72-69(71-67)47-31-33-53-51-20-4-7-27-60(51)74-62(53)39-47)46-18-11-19-48(37-46)73-59-35-32-45(50-24-13-26-57-52-21-5-8-28-61(52)75-66(50)57)38-58(59)56-25-12-23-49(65(56)73)44-17-10-16-42(36-44)43-30-34-55-54-22-6-9-29-63(54)76-64(55)40-43;1-2/h1-40H;1-2H3. The summed E-state index contributed by atoms with van der Waals surface area (Å²) in [6, 6.07) is 85.9. The molecule has 0 fully saturated rings. The van der Waals surface area contributed by atoms with Crippen LogP contribution >= 0.6 is 11.3 Å². The maximum atomic E-state index is 6.61. The molecule has 7 heteroatoms. The van der Waals surface area contributed by atoms with E-state index in [4.69, 9.17) is 23.8 Å². The minimum Gasteiger partial charge on any atom is -0.456 e. The van der Waals surface area contributed by atoms with Crippen molar-refractivity contribution in [3.05, 3.63) is 243 Å². The summed E-state index contributed by atoms with van der Waals surface area (Å²) in [5.74, 6) is 1.73. The van der Waals surface area contributed by atoms with Crippen LogP contribution in [-0.2, 0) is 0 Å². The Bertz CT molecular complexity index is 5020. The van der Waals surface area contributed by atoms with Gasteiger partial charge in [-0.05, 0) is 89.0 Å². The minimum absolute atomic E-state index is 0.564. The van der Waals surface area contributed by atoms with Gasteiger partial charge >= 0.3 is 0 Å². The van der Waals surface area contributed by atoms with E-state index in [1.165, 1.54) is 31.3 Å². The average molecular weight is 1020 g/mol. The summed E-state index contributed by atoms with van der Waals surface area (Å²) in [7, 11) is 0. The highest BCUT2D eigenvalue weighted by atomic mass is 32.1. The minimum atomic E-state index is 0.564. The Morgan fingerprint density at radius 1 is 0.321 bits per heavy atom. The molecule has 16 aromatic rings. The Labute approximate surface area is 452 Å². The molecule has 0 aliphatic rings. The van der Waals surface area contributed by atoms with Crippen molar-refractivity contribution in [3.8, 4) is 73.2 Å². The van der Waals surface area contributed by atoms with Gasteiger partial charge in [0.2, 0.25) is 0 Å². The van der Waals surface area contributed by atoms with E-state index in [0.29, 0.717) is 17.5 Å². The van der Waals surface area contributed by atoms with Gasteiger partial charge in [-0.15, -0.1) is 11.3 Å². The molecule has 0 atom stereocenters. The van der Waals surface area contributed by atoms with Gasteiger partial charge in [-0.3, -0.25) is 0 Å². The van der Waals surface area contributed by atoms with E-state index < -0.39 is 0 Å². The third-order valence-electron chi connectivity index (χ3n) is 15.1. The van der Waals surface area contributed by atoms with Crippen molar-refractivity contribution in [2.75, 3.05) is 0 Å². The second kappa shape index (κ2) is 18.4. The van der Waals surface area contributed by atoms with Gasteiger partial charge in [0.15, 0.2) is 17.5 Å². The predicted molar refractivity (Wildman–Crippen MR) is 326 cm³/mol. The van der Waals surface area contributed by atoms with Crippen LogP contribution in [0.15, 0.2) is 251 Å². The molecule has 0 amide bonds. The van der Waals surface area contributed by atoms with E-state index in [1.807, 2.05) is 91.9 Å². The SMILES string of the molecule is CC.c1ccc(-c2nc(-c3cccc(-n4c5ccc(-c6cccc7c6oc6ccccc67)cc5c5cccc(-c6cccc(-c7ccc8c(c7)sc7ccccc78)c6)c54)c3)nc(-c3ccc4c(c3)oc3ccccc34)n2)cc1. The topological polar surface area (TPSA) is 69.9 Å². The van der Waals surface area contributed by atoms with Gasteiger partial charge in [-0.1, -0.05) is 190 Å². The molecular formula is C71H46N4O2S. The van der Waals surface area contributed by atoms with Crippen LogP contribution in [0.4, 0.5) is 0 Å². The van der Waals surface area contributed by atoms with E-state index in [9.17, 15) is 0 Å². The van der Waals surface area contributed by atoms with Gasteiger partial charge in [0.25, 0.3) is 0 Å². The molecule has 0 radical (unpaired) electrons. The first kappa shape index (κ1) is 45.4. The van der Waals surface area contributed by atoms with Crippen molar-refractivity contribution in [2.24, 2.45) is 0 Å². The number of nitrogens with zero attached hydrogens (tertiary/aromatic N) is 4. The summed E-state index contributed by atoms with van der Waals surface area (Å²) >= 11 is 1.85. The van der Waals surface area contributed by atoms with Gasteiger partial charge < -0.3 is 13.4 Å². The Morgan fingerprint density at radius 3 is 1.69 bits per heavy atom. The molecule has 11 aromatic carbocycles. The van der Waals surface area contributed by atoms with Crippen LogP contribution in [0.3, 0.4) is 0 Å².